The zero-order chi connectivity index (χ0) is 39.1. The van der Waals surface area contributed by atoms with Crippen LogP contribution < -0.4 is 5.32 Å². The summed E-state index contributed by atoms with van der Waals surface area (Å²) in [5.41, 5.74) is -0.491. The van der Waals surface area contributed by atoms with Crippen molar-refractivity contribution in [3.8, 4) is 0 Å². The van der Waals surface area contributed by atoms with Crippen molar-refractivity contribution >= 4 is 27.4 Å². The van der Waals surface area contributed by atoms with E-state index in [4.69, 9.17) is 14.9 Å². The number of benzene rings is 1. The molecule has 0 saturated carbocycles. The fourth-order valence-electron chi connectivity index (χ4n) is 7.67. The number of nitrogens with zero attached hydrogens (tertiary/aromatic N) is 2. The number of hydrogen-bond acceptors (Lipinski definition) is 11. The lowest BCUT2D eigenvalue weighted by Gasteiger charge is -2.46. The SMILES string of the molecule is Cc1ccc(S(=O)(=O)CC(=N)CCCC[C@H]2CC(=O)N(C)C[C@H](C)C[C@@](C)(O)[C@H](O[C@@H]3O[C@H](C)C[C@H](N(C)C)[C@H]3O)[C@@H](C)[C@H](O)[C@@H](C)C(=O)N2)cc1. The Morgan fingerprint density at radius 1 is 1.10 bits per heavy atom. The molecular formula is C38H64N4O9S. The van der Waals surface area contributed by atoms with Crippen LogP contribution in [0.15, 0.2) is 29.2 Å². The topological polar surface area (TPSA) is 190 Å². The molecule has 5 N–H and O–H groups in total. The van der Waals surface area contributed by atoms with Gasteiger partial charge in [0.25, 0.3) is 0 Å². The van der Waals surface area contributed by atoms with Crippen LogP contribution in [0.2, 0.25) is 0 Å². The molecular weight excluding hydrogens is 689 g/mol. The van der Waals surface area contributed by atoms with E-state index >= 15 is 0 Å². The van der Waals surface area contributed by atoms with Gasteiger partial charge in [-0.2, -0.15) is 0 Å². The van der Waals surface area contributed by atoms with Crippen LogP contribution in [0.5, 0.6) is 0 Å². The van der Waals surface area contributed by atoms with E-state index in [1.165, 1.54) is 0 Å². The Kier molecular flexibility index (Phi) is 15.8. The van der Waals surface area contributed by atoms with Crippen LogP contribution in [0.3, 0.4) is 0 Å². The molecule has 296 valence electrons. The van der Waals surface area contributed by atoms with Gasteiger partial charge in [0.15, 0.2) is 16.1 Å². The molecule has 2 amide bonds. The number of unbranched alkanes of at least 4 members (excludes halogenated alkanes) is 1. The molecule has 0 bridgehead atoms. The number of hydrogen-bond donors (Lipinski definition) is 5. The maximum absolute atomic E-state index is 13.6. The molecule has 0 aliphatic carbocycles. The van der Waals surface area contributed by atoms with Crippen LogP contribution in [-0.2, 0) is 28.9 Å². The lowest BCUT2D eigenvalue weighted by Crippen LogP contribution is -2.59. The second-order valence-electron chi connectivity index (χ2n) is 16.0. The highest BCUT2D eigenvalue weighted by Crippen LogP contribution is 2.35. The van der Waals surface area contributed by atoms with Gasteiger partial charge >= 0.3 is 0 Å². The Labute approximate surface area is 310 Å². The van der Waals surface area contributed by atoms with Gasteiger partial charge in [0.2, 0.25) is 11.8 Å². The molecule has 3 rings (SSSR count). The second kappa shape index (κ2) is 18.7. The number of nitrogens with one attached hydrogen (secondary N) is 2. The Morgan fingerprint density at radius 2 is 1.73 bits per heavy atom. The van der Waals surface area contributed by atoms with E-state index in [9.17, 15) is 33.3 Å². The predicted octanol–water partition coefficient (Wildman–Crippen LogP) is 2.92. The molecule has 2 aliphatic rings. The van der Waals surface area contributed by atoms with E-state index in [1.54, 1.807) is 57.0 Å². The summed E-state index contributed by atoms with van der Waals surface area (Å²) in [6, 6.07) is 5.74. The van der Waals surface area contributed by atoms with Gasteiger partial charge in [0.1, 0.15) is 6.10 Å². The van der Waals surface area contributed by atoms with Crippen molar-refractivity contribution in [1.29, 1.82) is 5.41 Å². The predicted molar refractivity (Wildman–Crippen MR) is 200 cm³/mol. The standard InChI is InChI=1S/C38H64N4O9S/c1-23-14-16-30(17-15-23)52(48,49)22-28(39)12-10-11-13-29-19-32(43)42(9)21-24(2)20-38(6,47)35(26(4)33(44)27(5)36(46)40-29)51-37-34(45)31(41(7)8)18-25(3)50-37/h14-17,24-27,29,31,33-35,37,39,44-45,47H,10-13,18-22H2,1-9H3,(H,40,46)/t24-,25-,26+,27-,29+,31+,33+,34-,35-,37+,38-/m1/s1. The number of aliphatic hydroxyl groups is 3. The van der Waals surface area contributed by atoms with E-state index in [0.717, 1.165) is 5.56 Å². The molecule has 1 aromatic rings. The molecule has 11 atom stereocenters. The molecule has 0 radical (unpaired) electrons. The quantitative estimate of drug-likeness (QED) is 0.166. The van der Waals surface area contributed by atoms with E-state index in [2.05, 4.69) is 5.32 Å². The van der Waals surface area contributed by atoms with Gasteiger partial charge in [-0.25, -0.2) is 8.42 Å². The van der Waals surface area contributed by atoms with Gasteiger partial charge < -0.3 is 45.3 Å². The first-order valence-electron chi connectivity index (χ1n) is 18.6. The van der Waals surface area contributed by atoms with Crippen molar-refractivity contribution in [2.75, 3.05) is 33.4 Å². The summed E-state index contributed by atoms with van der Waals surface area (Å²) in [7, 11) is 1.78. The largest absolute Gasteiger partial charge is 0.392 e. The highest BCUT2D eigenvalue weighted by molar-refractivity contribution is 7.92. The van der Waals surface area contributed by atoms with Crippen molar-refractivity contribution in [2.24, 2.45) is 17.8 Å². The van der Waals surface area contributed by atoms with Crippen LogP contribution >= 0.6 is 0 Å². The molecule has 2 heterocycles. The highest BCUT2D eigenvalue weighted by Gasteiger charge is 2.47. The molecule has 2 aliphatic heterocycles. The molecule has 1 aromatic carbocycles. The lowest BCUT2D eigenvalue weighted by atomic mass is 9.77. The van der Waals surface area contributed by atoms with E-state index in [1.807, 2.05) is 39.8 Å². The van der Waals surface area contributed by atoms with Crippen molar-refractivity contribution < 1.29 is 42.8 Å². The van der Waals surface area contributed by atoms with Crippen molar-refractivity contribution in [2.45, 2.75) is 140 Å². The number of sulfone groups is 1. The maximum atomic E-state index is 13.6. The number of rotatable bonds is 11. The average Bonchev–Trinajstić information content (AvgIpc) is 3.04. The molecule has 2 saturated heterocycles. The second-order valence-corrected chi connectivity index (χ2v) is 18.0. The smallest absolute Gasteiger partial charge is 0.225 e. The number of aliphatic hydroxyl groups excluding tert-OH is 2. The third-order valence-electron chi connectivity index (χ3n) is 10.7. The number of carbonyl (C=O) groups excluding carboxylic acids is 2. The summed E-state index contributed by atoms with van der Waals surface area (Å²) >= 11 is 0. The molecule has 0 unspecified atom stereocenters. The summed E-state index contributed by atoms with van der Waals surface area (Å²) in [6.07, 6.45) is -2.11. The Balaban J connectivity index is 1.75. The van der Waals surface area contributed by atoms with E-state index in [0.29, 0.717) is 32.2 Å². The molecule has 2 fully saturated rings. The van der Waals surface area contributed by atoms with Crippen molar-refractivity contribution in [1.82, 2.24) is 15.1 Å². The Morgan fingerprint density at radius 3 is 2.35 bits per heavy atom. The minimum absolute atomic E-state index is 0.0246. The van der Waals surface area contributed by atoms with Gasteiger partial charge in [-0.3, -0.25) is 9.59 Å². The summed E-state index contributed by atoms with van der Waals surface area (Å²) in [5.74, 6) is -2.92. The first kappa shape index (κ1) is 43.9. The first-order valence-corrected chi connectivity index (χ1v) is 20.2. The fourth-order valence-corrected chi connectivity index (χ4v) is 8.99. The molecule has 0 spiro atoms. The summed E-state index contributed by atoms with van der Waals surface area (Å²) < 4.78 is 38.1. The average molecular weight is 753 g/mol. The normalized spacial score (nSPS) is 34.5. The summed E-state index contributed by atoms with van der Waals surface area (Å²) in [6.45, 7) is 10.9. The Hall–Kier alpha value is -2.46. The van der Waals surface area contributed by atoms with Gasteiger partial charge in [0, 0.05) is 43.7 Å². The molecule has 13 nitrogen and oxygen atoms in total. The van der Waals surface area contributed by atoms with Crippen LogP contribution in [0.1, 0.15) is 85.1 Å². The zero-order valence-corrected chi connectivity index (χ0v) is 33.4. The zero-order valence-electron chi connectivity index (χ0n) is 32.5. The molecule has 14 heteroatoms. The number of amides is 2. The third-order valence-corrected chi connectivity index (χ3v) is 12.4. The maximum Gasteiger partial charge on any atom is 0.225 e. The van der Waals surface area contributed by atoms with Crippen LogP contribution in [0, 0.1) is 30.1 Å². The molecule has 0 aromatic heterocycles. The van der Waals surface area contributed by atoms with E-state index in [-0.39, 0.29) is 59.6 Å². The molecule has 52 heavy (non-hydrogen) atoms. The van der Waals surface area contributed by atoms with Crippen molar-refractivity contribution in [3.63, 3.8) is 0 Å². The van der Waals surface area contributed by atoms with Gasteiger partial charge in [-0.15, -0.1) is 0 Å². The lowest BCUT2D eigenvalue weighted by molar-refractivity contribution is -0.299. The fraction of sp³-hybridized carbons (Fsp3) is 0.763. The minimum atomic E-state index is -3.64. The van der Waals surface area contributed by atoms with Gasteiger partial charge in [-0.1, -0.05) is 44.9 Å². The highest BCUT2D eigenvalue weighted by atomic mass is 32.2. The van der Waals surface area contributed by atoms with Crippen molar-refractivity contribution in [3.05, 3.63) is 29.8 Å². The number of carbonyl (C=O) groups is 2. The van der Waals surface area contributed by atoms with Crippen LogP contribution in [0.25, 0.3) is 0 Å². The minimum Gasteiger partial charge on any atom is -0.392 e. The van der Waals surface area contributed by atoms with Gasteiger partial charge in [0.05, 0.1) is 40.5 Å². The van der Waals surface area contributed by atoms with Crippen LogP contribution in [0.4, 0.5) is 0 Å². The number of aryl methyl sites for hydroxylation is 1. The van der Waals surface area contributed by atoms with Crippen LogP contribution in [-0.4, -0.2) is 133 Å². The summed E-state index contributed by atoms with van der Waals surface area (Å²) in [4.78, 5) is 30.7. The van der Waals surface area contributed by atoms with E-state index < -0.39 is 63.8 Å². The number of likely N-dealkylation sites (N-methyl/N-ethyl adjacent to an activating group) is 1. The third kappa shape index (κ3) is 12.0. The Bertz CT molecular complexity index is 1450. The monoisotopic (exact) mass is 752 g/mol. The number of ether oxygens (including phenoxy) is 2. The van der Waals surface area contributed by atoms with Gasteiger partial charge in [-0.05, 0) is 85.0 Å². The first-order chi connectivity index (χ1) is 24.1. The summed E-state index contributed by atoms with van der Waals surface area (Å²) in [5, 5.41) is 46.1.